The van der Waals surface area contributed by atoms with Crippen LogP contribution in [0.1, 0.15) is 15.9 Å². The average Bonchev–Trinajstić information content (AvgIpc) is 2.68. The molecule has 0 bridgehead atoms. The fourth-order valence-electron chi connectivity index (χ4n) is 3.01. The molecule has 0 N–H and O–H groups in total. The fraction of sp³-hybridized carbons (Fsp3) is 0.278. The first-order valence-electron chi connectivity index (χ1n) is 8.50. The predicted octanol–water partition coefficient (Wildman–Crippen LogP) is 2.81. The number of hydrogen-bond acceptors (Lipinski definition) is 5. The SMILES string of the molecule is Cc1ccc(C(=O)N2CCN(S(=O)(=O)c3ccc(Br)cc3)CC2)cc1[N+](=O)[O-]. The summed E-state index contributed by atoms with van der Waals surface area (Å²) in [6, 6.07) is 10.7. The van der Waals surface area contributed by atoms with Crippen LogP contribution in [0, 0.1) is 17.0 Å². The Morgan fingerprint density at radius 3 is 2.25 bits per heavy atom. The van der Waals surface area contributed by atoms with Gasteiger partial charge in [0.25, 0.3) is 11.6 Å². The molecule has 10 heteroatoms. The van der Waals surface area contributed by atoms with Crippen molar-refractivity contribution in [2.45, 2.75) is 11.8 Å². The second-order valence-electron chi connectivity index (χ2n) is 6.41. The van der Waals surface area contributed by atoms with Crippen molar-refractivity contribution < 1.29 is 18.1 Å². The van der Waals surface area contributed by atoms with Crippen LogP contribution in [-0.2, 0) is 10.0 Å². The van der Waals surface area contributed by atoms with E-state index < -0.39 is 14.9 Å². The zero-order valence-corrected chi connectivity index (χ0v) is 17.4. The number of aryl methyl sites for hydroxylation is 1. The third-order valence-corrected chi connectivity index (χ3v) is 7.07. The van der Waals surface area contributed by atoms with Crippen LogP contribution < -0.4 is 0 Å². The Hall–Kier alpha value is -2.30. The third-order valence-electron chi connectivity index (χ3n) is 4.63. The number of nitrogens with zero attached hydrogens (tertiary/aromatic N) is 3. The Balaban J connectivity index is 1.71. The molecule has 1 heterocycles. The number of hydrogen-bond donors (Lipinski definition) is 0. The molecular weight excluding hydrogens is 450 g/mol. The van der Waals surface area contributed by atoms with Crippen molar-refractivity contribution in [3.63, 3.8) is 0 Å². The van der Waals surface area contributed by atoms with Gasteiger partial charge in [-0.2, -0.15) is 4.31 Å². The van der Waals surface area contributed by atoms with Gasteiger partial charge >= 0.3 is 0 Å². The van der Waals surface area contributed by atoms with Gasteiger partial charge in [0.05, 0.1) is 9.82 Å². The van der Waals surface area contributed by atoms with Crippen molar-refractivity contribution in [1.29, 1.82) is 0 Å². The number of piperazine rings is 1. The lowest BCUT2D eigenvalue weighted by atomic mass is 10.1. The molecule has 0 atom stereocenters. The highest BCUT2D eigenvalue weighted by Gasteiger charge is 2.30. The van der Waals surface area contributed by atoms with Gasteiger partial charge < -0.3 is 4.90 Å². The van der Waals surface area contributed by atoms with E-state index in [4.69, 9.17) is 0 Å². The van der Waals surface area contributed by atoms with Crippen molar-refractivity contribution in [3.05, 3.63) is 68.2 Å². The maximum Gasteiger partial charge on any atom is 0.273 e. The van der Waals surface area contributed by atoms with Crippen LogP contribution in [0.5, 0.6) is 0 Å². The van der Waals surface area contributed by atoms with Gasteiger partial charge in [0, 0.05) is 47.8 Å². The maximum absolute atomic E-state index is 12.7. The molecule has 1 saturated heterocycles. The van der Waals surface area contributed by atoms with Crippen LogP contribution in [0.3, 0.4) is 0 Å². The molecule has 0 aromatic heterocycles. The van der Waals surface area contributed by atoms with Gasteiger partial charge in [-0.05, 0) is 37.3 Å². The first-order chi connectivity index (χ1) is 13.2. The van der Waals surface area contributed by atoms with E-state index in [2.05, 4.69) is 15.9 Å². The number of benzene rings is 2. The molecule has 3 rings (SSSR count). The first kappa shape index (κ1) is 20.4. The summed E-state index contributed by atoms with van der Waals surface area (Å²) in [6.07, 6.45) is 0. The van der Waals surface area contributed by atoms with Crippen LogP contribution in [-0.4, -0.2) is 54.6 Å². The van der Waals surface area contributed by atoms with Crippen molar-refractivity contribution in [2.24, 2.45) is 0 Å². The van der Waals surface area contributed by atoms with E-state index in [1.807, 2.05) is 0 Å². The molecule has 1 aliphatic heterocycles. The molecule has 2 aromatic carbocycles. The van der Waals surface area contributed by atoms with Crippen LogP contribution in [0.4, 0.5) is 5.69 Å². The minimum atomic E-state index is -3.63. The van der Waals surface area contributed by atoms with Gasteiger partial charge in [0.2, 0.25) is 10.0 Å². The van der Waals surface area contributed by atoms with Gasteiger partial charge in [-0.1, -0.05) is 22.0 Å². The van der Waals surface area contributed by atoms with Crippen molar-refractivity contribution in [1.82, 2.24) is 9.21 Å². The summed E-state index contributed by atoms with van der Waals surface area (Å²) in [5.41, 5.74) is 0.593. The van der Waals surface area contributed by atoms with Crippen LogP contribution in [0.15, 0.2) is 51.8 Å². The van der Waals surface area contributed by atoms with E-state index in [1.54, 1.807) is 31.2 Å². The highest BCUT2D eigenvalue weighted by atomic mass is 79.9. The summed E-state index contributed by atoms with van der Waals surface area (Å²) in [6.45, 7) is 2.38. The normalized spacial score (nSPS) is 15.4. The third kappa shape index (κ3) is 4.08. The summed E-state index contributed by atoms with van der Waals surface area (Å²) in [5.74, 6) is -0.344. The lowest BCUT2D eigenvalue weighted by Gasteiger charge is -2.34. The number of amides is 1. The Bertz CT molecular complexity index is 1020. The highest BCUT2D eigenvalue weighted by Crippen LogP contribution is 2.23. The zero-order valence-electron chi connectivity index (χ0n) is 15.0. The van der Waals surface area contributed by atoms with Crippen molar-refractivity contribution >= 4 is 37.5 Å². The van der Waals surface area contributed by atoms with Crippen LogP contribution >= 0.6 is 15.9 Å². The van der Waals surface area contributed by atoms with Crippen LogP contribution in [0.2, 0.25) is 0 Å². The zero-order chi connectivity index (χ0) is 20.5. The molecule has 0 unspecified atom stereocenters. The molecule has 148 valence electrons. The number of sulfonamides is 1. The minimum absolute atomic E-state index is 0.109. The molecule has 28 heavy (non-hydrogen) atoms. The highest BCUT2D eigenvalue weighted by molar-refractivity contribution is 9.10. The number of rotatable bonds is 4. The quantitative estimate of drug-likeness (QED) is 0.508. The van der Waals surface area contributed by atoms with Gasteiger partial charge in [-0.25, -0.2) is 8.42 Å². The van der Waals surface area contributed by atoms with Gasteiger partial charge in [0.15, 0.2) is 0 Å². The van der Waals surface area contributed by atoms with E-state index in [0.717, 1.165) is 4.47 Å². The van der Waals surface area contributed by atoms with E-state index in [1.165, 1.54) is 27.4 Å². The molecular formula is C18H18BrN3O5S. The molecule has 0 aliphatic carbocycles. The van der Waals surface area contributed by atoms with Crippen molar-refractivity contribution in [2.75, 3.05) is 26.2 Å². The summed E-state index contributed by atoms with van der Waals surface area (Å²) < 4.78 is 27.6. The molecule has 0 saturated carbocycles. The first-order valence-corrected chi connectivity index (χ1v) is 10.7. The smallest absolute Gasteiger partial charge is 0.273 e. The summed E-state index contributed by atoms with van der Waals surface area (Å²) in [7, 11) is -3.63. The second-order valence-corrected chi connectivity index (χ2v) is 9.26. The Morgan fingerprint density at radius 2 is 1.68 bits per heavy atom. The fourth-order valence-corrected chi connectivity index (χ4v) is 4.70. The van der Waals surface area contributed by atoms with Crippen molar-refractivity contribution in [3.8, 4) is 0 Å². The molecule has 1 amide bonds. The second kappa shape index (κ2) is 7.98. The Labute approximate surface area is 171 Å². The van der Waals surface area contributed by atoms with E-state index in [9.17, 15) is 23.3 Å². The number of carbonyl (C=O) groups excluding carboxylic acids is 1. The molecule has 0 spiro atoms. The maximum atomic E-state index is 12.7. The number of halogens is 1. The summed E-state index contributed by atoms with van der Waals surface area (Å²) >= 11 is 3.28. The average molecular weight is 468 g/mol. The van der Waals surface area contributed by atoms with Gasteiger partial charge in [-0.3, -0.25) is 14.9 Å². The van der Waals surface area contributed by atoms with Gasteiger partial charge in [-0.15, -0.1) is 0 Å². The van der Waals surface area contributed by atoms with Crippen LogP contribution in [0.25, 0.3) is 0 Å². The predicted molar refractivity (Wildman–Crippen MR) is 107 cm³/mol. The molecule has 0 radical (unpaired) electrons. The topological polar surface area (TPSA) is 101 Å². The van der Waals surface area contributed by atoms with Gasteiger partial charge in [0.1, 0.15) is 0 Å². The largest absolute Gasteiger partial charge is 0.336 e. The molecule has 1 fully saturated rings. The Kier molecular flexibility index (Phi) is 5.82. The molecule has 8 nitrogen and oxygen atoms in total. The lowest BCUT2D eigenvalue weighted by Crippen LogP contribution is -2.50. The van der Waals surface area contributed by atoms with E-state index >= 15 is 0 Å². The minimum Gasteiger partial charge on any atom is -0.336 e. The standard InChI is InChI=1S/C18H18BrN3O5S/c1-13-2-3-14(12-17(13)22(24)25)18(23)20-8-10-21(11-9-20)28(26,27)16-6-4-15(19)5-7-16/h2-7,12H,8-11H2,1H3. The Morgan fingerprint density at radius 1 is 1.07 bits per heavy atom. The van der Waals surface area contributed by atoms with E-state index in [0.29, 0.717) is 5.56 Å². The summed E-state index contributed by atoms with van der Waals surface area (Å²) in [5, 5.41) is 11.1. The summed E-state index contributed by atoms with van der Waals surface area (Å²) in [4.78, 5) is 25.0. The number of nitro groups is 1. The molecule has 2 aromatic rings. The number of carbonyl (C=O) groups is 1. The molecule has 1 aliphatic rings. The lowest BCUT2D eigenvalue weighted by molar-refractivity contribution is -0.385. The monoisotopic (exact) mass is 467 g/mol. The number of nitro benzene ring substituents is 1. The van der Waals surface area contributed by atoms with E-state index in [-0.39, 0.29) is 48.2 Å².